The van der Waals surface area contributed by atoms with Crippen LogP contribution in [0, 0.1) is 17.2 Å². The standard InChI is InChI=1S/C82H133F2N9O29/c1-91(70-5-6-75-73(62-70)72(7-10-87-75)80(97)90-67-78(96)93-68-82(83,84)64-71(93)65-85)13-11-88-76(94)8-14-99-16-18-101-20-22-103-24-26-105-28-30-107-32-34-109-36-38-111-40-42-113-44-46-115-48-50-117-52-54-119-56-58-121-60-61-122-59-57-120-55-53-118-51-49-116-47-45-114-43-41-112-39-37-110-35-33-108-31-29-106-27-25-104-23-21-102-19-17-100-15-12-89-81(98)74-63-77(95)92(2)79(74)69-4-3-9-86-66-69/h3-7,9-10,62,66,71,74,79H,8,11-61,63-64,67-68H2,1-2H3,(H,88,94)(H,89,98)(H,90,97)/t71-,74-,79+/m0/s1. The normalized spacial score (nSPS) is 15.1. The highest BCUT2D eigenvalue weighted by Gasteiger charge is 2.47. The summed E-state index contributed by atoms with van der Waals surface area (Å²) in [5.41, 5.74) is 2.34. The Morgan fingerprint density at radius 3 is 1.19 bits per heavy atom. The first-order valence-corrected chi connectivity index (χ1v) is 41.9. The number of nitrogens with zero attached hydrogens (tertiary/aromatic N) is 6. The van der Waals surface area contributed by atoms with E-state index < -0.39 is 49.2 Å². The lowest BCUT2D eigenvalue weighted by Gasteiger charge is -2.24. The Morgan fingerprint density at radius 2 is 0.836 bits per heavy atom. The number of benzene rings is 1. The van der Waals surface area contributed by atoms with Gasteiger partial charge in [-0.05, 0) is 35.9 Å². The average molecular weight is 1750 g/mol. The molecule has 0 bridgehead atoms. The summed E-state index contributed by atoms with van der Waals surface area (Å²) in [5.74, 6) is -5.43. The van der Waals surface area contributed by atoms with Crippen LogP contribution in [0.1, 0.15) is 41.2 Å². The summed E-state index contributed by atoms with van der Waals surface area (Å²) in [4.78, 5) is 76.1. The van der Waals surface area contributed by atoms with Crippen molar-refractivity contribution in [2.24, 2.45) is 5.92 Å². The molecule has 0 unspecified atom stereocenters. The molecule has 1 aromatic carbocycles. The number of carbonyl (C=O) groups excluding carboxylic acids is 5. The van der Waals surface area contributed by atoms with E-state index in [4.69, 9.17) is 114 Å². The molecule has 0 radical (unpaired) electrons. The highest BCUT2D eigenvalue weighted by atomic mass is 19.3. The van der Waals surface area contributed by atoms with E-state index >= 15 is 0 Å². The van der Waals surface area contributed by atoms with Crippen molar-refractivity contribution in [1.82, 2.24) is 35.7 Å². The lowest BCUT2D eigenvalue weighted by Crippen LogP contribution is -2.43. The first kappa shape index (κ1) is 106. The molecular weight excluding hydrogens is 1610 g/mol. The number of fused-ring (bicyclic) bond motifs is 1. The Morgan fingerprint density at radius 1 is 0.475 bits per heavy atom. The second-order valence-corrected chi connectivity index (χ2v) is 27.0. The molecule has 0 aliphatic carbocycles. The third kappa shape index (κ3) is 52.3. The van der Waals surface area contributed by atoms with Gasteiger partial charge in [0, 0.05) is 82.7 Å². The Hall–Kier alpha value is -6.68. The zero-order valence-corrected chi connectivity index (χ0v) is 71.3. The summed E-state index contributed by atoms with van der Waals surface area (Å²) < 4.78 is 161. The number of hydrogen-bond donors (Lipinski definition) is 3. The highest BCUT2D eigenvalue weighted by molar-refractivity contribution is 6.07. The van der Waals surface area contributed by atoms with E-state index in [1.165, 1.54) is 12.3 Å². The van der Waals surface area contributed by atoms with Gasteiger partial charge in [-0.3, -0.25) is 33.9 Å². The molecule has 2 aliphatic rings. The molecule has 0 saturated carbocycles. The molecule has 38 nitrogen and oxygen atoms in total. The molecule has 694 valence electrons. The number of nitrogens with one attached hydrogen (secondary N) is 3. The van der Waals surface area contributed by atoms with Gasteiger partial charge < -0.3 is 144 Å². The zero-order valence-electron chi connectivity index (χ0n) is 71.3. The monoisotopic (exact) mass is 1750 g/mol. The van der Waals surface area contributed by atoms with Crippen LogP contribution >= 0.6 is 0 Å². The molecule has 2 aromatic heterocycles. The summed E-state index contributed by atoms with van der Waals surface area (Å²) in [6, 6.07) is 10.6. The van der Waals surface area contributed by atoms with Gasteiger partial charge in [-0.15, -0.1) is 0 Å². The molecule has 122 heavy (non-hydrogen) atoms. The van der Waals surface area contributed by atoms with Crippen LogP contribution < -0.4 is 20.9 Å². The molecule has 4 heterocycles. The number of pyridine rings is 2. The van der Waals surface area contributed by atoms with Crippen LogP contribution in [0.25, 0.3) is 10.9 Å². The van der Waals surface area contributed by atoms with Crippen molar-refractivity contribution in [2.75, 3.05) is 369 Å². The van der Waals surface area contributed by atoms with Gasteiger partial charge >= 0.3 is 0 Å². The van der Waals surface area contributed by atoms with Crippen molar-refractivity contribution in [2.45, 2.75) is 37.3 Å². The minimum Gasteiger partial charge on any atom is -0.379 e. The lowest BCUT2D eigenvalue weighted by molar-refractivity contribution is -0.131. The van der Waals surface area contributed by atoms with Gasteiger partial charge in [0.2, 0.25) is 23.6 Å². The third-order valence-electron chi connectivity index (χ3n) is 17.8. The first-order valence-electron chi connectivity index (χ1n) is 41.9. The van der Waals surface area contributed by atoms with E-state index in [2.05, 4.69) is 25.9 Å². The first-order chi connectivity index (χ1) is 59.9. The molecule has 2 fully saturated rings. The maximum atomic E-state index is 13.8. The zero-order chi connectivity index (χ0) is 86.9. The number of likely N-dealkylation sites (tertiary alicyclic amines) is 2. The fourth-order valence-electron chi connectivity index (χ4n) is 11.5. The van der Waals surface area contributed by atoms with E-state index in [0.29, 0.717) is 341 Å². The number of ether oxygens (including phenoxy) is 24. The van der Waals surface area contributed by atoms with Gasteiger partial charge in [0.1, 0.15) is 6.04 Å². The minimum absolute atomic E-state index is 0.0666. The van der Waals surface area contributed by atoms with Crippen LogP contribution in [0.15, 0.2) is 55.0 Å². The quantitative estimate of drug-likeness (QED) is 0.0678. The molecule has 40 heteroatoms. The number of alkyl halides is 2. The number of anilines is 1. The number of nitriles is 1. The van der Waals surface area contributed by atoms with E-state index in [1.807, 2.05) is 24.1 Å². The summed E-state index contributed by atoms with van der Waals surface area (Å²) in [5, 5.41) is 18.0. The topological polar surface area (TPSA) is 402 Å². The predicted molar refractivity (Wildman–Crippen MR) is 436 cm³/mol. The van der Waals surface area contributed by atoms with Gasteiger partial charge in [-0.2, -0.15) is 5.26 Å². The predicted octanol–water partition coefficient (Wildman–Crippen LogP) is 1.80. The molecule has 3 N–H and O–H groups in total. The number of carbonyl (C=O) groups is 5. The summed E-state index contributed by atoms with van der Waals surface area (Å²) in [7, 11) is 3.55. The molecule has 5 rings (SSSR count). The van der Waals surface area contributed by atoms with Gasteiger partial charge in [0.05, 0.1) is 359 Å². The summed E-state index contributed by atoms with van der Waals surface area (Å²) in [6.07, 6.45) is 4.41. The number of amides is 5. The molecule has 2 saturated heterocycles. The Kier molecular flexibility index (Phi) is 62.9. The van der Waals surface area contributed by atoms with Crippen LogP contribution in [0.4, 0.5) is 14.5 Å². The van der Waals surface area contributed by atoms with Gasteiger partial charge in [-0.1, -0.05) is 6.07 Å². The summed E-state index contributed by atoms with van der Waals surface area (Å²) >= 11 is 0. The number of halogens is 2. The number of hydrogen-bond acceptors (Lipinski definition) is 33. The summed E-state index contributed by atoms with van der Waals surface area (Å²) in [6.45, 7) is 20.7. The molecule has 0 spiro atoms. The van der Waals surface area contributed by atoms with Crippen LogP contribution in [0.3, 0.4) is 0 Å². The van der Waals surface area contributed by atoms with Crippen LogP contribution in [0.5, 0.6) is 0 Å². The smallest absolute Gasteiger partial charge is 0.268 e. The number of aromatic nitrogens is 2. The Bertz CT molecular complexity index is 3180. The molecule has 5 amide bonds. The largest absolute Gasteiger partial charge is 0.379 e. The lowest BCUT2D eigenvalue weighted by atomic mass is 9.94. The Balaban J connectivity index is 0.610. The van der Waals surface area contributed by atoms with Crippen LogP contribution in [-0.4, -0.2) is 425 Å². The van der Waals surface area contributed by atoms with E-state index in [1.54, 1.807) is 48.6 Å². The molecule has 3 atom stereocenters. The van der Waals surface area contributed by atoms with Crippen LogP contribution in [-0.2, 0) is 133 Å². The maximum absolute atomic E-state index is 13.8. The minimum atomic E-state index is -3.16. The van der Waals surface area contributed by atoms with Crippen molar-refractivity contribution in [3.63, 3.8) is 0 Å². The van der Waals surface area contributed by atoms with Gasteiger partial charge in [-0.25, -0.2) is 8.78 Å². The molecular formula is C82H133F2N9O29. The third-order valence-corrected chi connectivity index (χ3v) is 17.8. The van der Waals surface area contributed by atoms with Crippen molar-refractivity contribution >= 4 is 46.1 Å². The second-order valence-electron chi connectivity index (χ2n) is 27.0. The number of rotatable bonds is 84. The Labute approximate surface area is 715 Å². The van der Waals surface area contributed by atoms with E-state index in [0.717, 1.165) is 16.2 Å². The maximum Gasteiger partial charge on any atom is 0.268 e. The second kappa shape index (κ2) is 72.5. The van der Waals surface area contributed by atoms with Crippen molar-refractivity contribution in [1.29, 1.82) is 5.26 Å². The van der Waals surface area contributed by atoms with Crippen molar-refractivity contribution in [3.05, 3.63) is 66.1 Å². The van der Waals surface area contributed by atoms with Crippen molar-refractivity contribution in [3.8, 4) is 6.07 Å². The fraction of sp³-hybridized carbons (Fsp3) is 0.756. The SMILES string of the molecule is CN(CCNC(=O)CCOCCOCCOCCOCCOCCOCCOCCOCCOCCOCCOCCOCCOCCOCCOCCOCCOCCOCCOCCOCCOCCOCCOCCOCCNC(=O)[C@H]1CC(=O)N(C)[C@@H]1c1cccnc1)c1ccc2nccc(C(=O)NCC(=O)N3CC(F)(F)C[C@H]3C#N)c2c1. The van der Waals surface area contributed by atoms with Crippen LogP contribution in [0.2, 0.25) is 0 Å². The van der Waals surface area contributed by atoms with Gasteiger partial charge in [0.25, 0.3) is 11.8 Å². The average Bonchev–Trinajstić information content (AvgIpc) is 1.39. The van der Waals surface area contributed by atoms with Gasteiger partial charge in [0.15, 0.2) is 0 Å². The fourth-order valence-corrected chi connectivity index (χ4v) is 11.5. The van der Waals surface area contributed by atoms with E-state index in [-0.39, 0.29) is 48.8 Å². The highest BCUT2D eigenvalue weighted by Crippen LogP contribution is 2.37. The number of likely N-dealkylation sites (N-methyl/N-ethyl adjacent to an activating group) is 1. The van der Waals surface area contributed by atoms with Crippen molar-refractivity contribution < 1.29 is 146 Å². The van der Waals surface area contributed by atoms with E-state index in [9.17, 15) is 38.0 Å². The molecule has 2 aliphatic heterocycles. The molecule has 3 aromatic rings.